The van der Waals surface area contributed by atoms with Crippen molar-refractivity contribution in [3.63, 3.8) is 0 Å². The largest absolute Gasteiger partial charge is 0.432 e. The van der Waals surface area contributed by atoms with Gasteiger partial charge in [-0.05, 0) is 5.56 Å². The van der Waals surface area contributed by atoms with Gasteiger partial charge in [0.2, 0.25) is 5.60 Å². The van der Waals surface area contributed by atoms with Crippen molar-refractivity contribution in [1.82, 2.24) is 5.48 Å². The lowest BCUT2D eigenvalue weighted by atomic mass is 10.1. The molecular formula is C11H12N2O4. The predicted octanol–water partition coefficient (Wildman–Crippen LogP) is 0.513. The zero-order valence-corrected chi connectivity index (χ0v) is 8.92. The summed E-state index contributed by atoms with van der Waals surface area (Å²) in [7, 11) is 0. The number of nitrogens with one attached hydrogen (secondary N) is 1. The molecule has 6 heteroatoms. The molecule has 2 atom stereocenters. The van der Waals surface area contributed by atoms with Crippen molar-refractivity contribution in [3.05, 3.63) is 35.9 Å². The maximum atomic E-state index is 11.5. The second-order valence-corrected chi connectivity index (χ2v) is 3.92. The minimum Gasteiger partial charge on any atom is -0.432 e. The van der Waals surface area contributed by atoms with Crippen LogP contribution in [-0.4, -0.2) is 22.8 Å². The molecule has 1 aliphatic carbocycles. The summed E-state index contributed by atoms with van der Waals surface area (Å²) >= 11 is 0. The molecule has 1 saturated carbocycles. The van der Waals surface area contributed by atoms with Crippen LogP contribution in [0.3, 0.4) is 0 Å². The van der Waals surface area contributed by atoms with E-state index in [1.807, 2.05) is 30.3 Å². The zero-order chi connectivity index (χ0) is 12.5. The van der Waals surface area contributed by atoms with Gasteiger partial charge in [0, 0.05) is 12.3 Å². The smallest absolute Gasteiger partial charge is 0.405 e. The predicted molar refractivity (Wildman–Crippen MR) is 57.1 cm³/mol. The lowest BCUT2D eigenvalue weighted by Gasteiger charge is -2.14. The van der Waals surface area contributed by atoms with Gasteiger partial charge in [-0.2, -0.15) is 0 Å². The highest BCUT2D eigenvalue weighted by molar-refractivity contribution is 5.91. The number of carbonyl (C=O) groups is 2. The van der Waals surface area contributed by atoms with Crippen molar-refractivity contribution < 1.29 is 19.5 Å². The first-order valence-electron chi connectivity index (χ1n) is 5.08. The van der Waals surface area contributed by atoms with Gasteiger partial charge in [0.1, 0.15) is 0 Å². The fourth-order valence-corrected chi connectivity index (χ4v) is 2.00. The van der Waals surface area contributed by atoms with Crippen LogP contribution in [-0.2, 0) is 9.53 Å². The van der Waals surface area contributed by atoms with Crippen LogP contribution in [0.5, 0.6) is 0 Å². The highest BCUT2D eigenvalue weighted by Crippen LogP contribution is 2.54. The fraction of sp³-hybridized carbons (Fsp3) is 0.273. The van der Waals surface area contributed by atoms with Crippen LogP contribution in [0.1, 0.15) is 17.9 Å². The van der Waals surface area contributed by atoms with E-state index in [-0.39, 0.29) is 5.92 Å². The Morgan fingerprint density at radius 2 is 2.06 bits per heavy atom. The van der Waals surface area contributed by atoms with Crippen molar-refractivity contribution >= 4 is 12.0 Å². The average molecular weight is 236 g/mol. The Labute approximate surface area is 97.3 Å². The number of amides is 2. The second-order valence-electron chi connectivity index (χ2n) is 3.92. The summed E-state index contributed by atoms with van der Waals surface area (Å²) in [6, 6.07) is 9.12. The molecule has 0 spiro atoms. The van der Waals surface area contributed by atoms with Crippen molar-refractivity contribution in [2.75, 3.05) is 0 Å². The number of hydrogen-bond acceptors (Lipinski definition) is 4. The molecule has 1 aromatic carbocycles. The van der Waals surface area contributed by atoms with Crippen LogP contribution < -0.4 is 11.2 Å². The molecule has 1 fully saturated rings. The van der Waals surface area contributed by atoms with Crippen LogP contribution in [0.25, 0.3) is 0 Å². The molecule has 6 nitrogen and oxygen atoms in total. The van der Waals surface area contributed by atoms with Crippen molar-refractivity contribution in [2.45, 2.75) is 17.9 Å². The van der Waals surface area contributed by atoms with E-state index >= 15 is 0 Å². The molecule has 0 bridgehead atoms. The molecule has 17 heavy (non-hydrogen) atoms. The molecule has 0 radical (unpaired) electrons. The summed E-state index contributed by atoms with van der Waals surface area (Å²) in [5.41, 5.74) is 5.92. The van der Waals surface area contributed by atoms with Crippen LogP contribution in [0.2, 0.25) is 0 Å². The van der Waals surface area contributed by atoms with Gasteiger partial charge >= 0.3 is 6.09 Å². The number of ether oxygens (including phenoxy) is 1. The molecule has 4 N–H and O–H groups in total. The molecule has 0 aromatic heterocycles. The first kappa shape index (κ1) is 11.4. The Kier molecular flexibility index (Phi) is 2.72. The highest BCUT2D eigenvalue weighted by Gasteiger charge is 2.64. The Bertz CT molecular complexity index is 448. The summed E-state index contributed by atoms with van der Waals surface area (Å²) in [5, 5.41) is 8.66. The molecule has 0 saturated heterocycles. The fourth-order valence-electron chi connectivity index (χ4n) is 2.00. The molecule has 0 heterocycles. The number of rotatable bonds is 3. The van der Waals surface area contributed by atoms with E-state index in [1.165, 1.54) is 5.48 Å². The summed E-state index contributed by atoms with van der Waals surface area (Å²) in [6.45, 7) is 0. The number of benzene rings is 1. The number of hydrogen-bond donors (Lipinski definition) is 3. The Balaban J connectivity index is 2.23. The summed E-state index contributed by atoms with van der Waals surface area (Å²) < 4.78 is 4.84. The van der Waals surface area contributed by atoms with E-state index in [0.29, 0.717) is 6.42 Å². The quantitative estimate of drug-likeness (QED) is 0.525. The third-order valence-corrected chi connectivity index (χ3v) is 2.88. The molecule has 0 aliphatic heterocycles. The van der Waals surface area contributed by atoms with Gasteiger partial charge < -0.3 is 10.5 Å². The third-order valence-electron chi connectivity index (χ3n) is 2.88. The number of nitrogens with two attached hydrogens (primary N) is 1. The van der Waals surface area contributed by atoms with Gasteiger partial charge in [-0.25, -0.2) is 10.3 Å². The Hall–Kier alpha value is -2.08. The first-order valence-corrected chi connectivity index (χ1v) is 5.08. The van der Waals surface area contributed by atoms with Gasteiger partial charge in [-0.3, -0.25) is 10.0 Å². The van der Waals surface area contributed by atoms with E-state index < -0.39 is 17.6 Å². The lowest BCUT2D eigenvalue weighted by Crippen LogP contribution is -2.40. The summed E-state index contributed by atoms with van der Waals surface area (Å²) in [6.07, 6.45) is -0.723. The number of primary amides is 1. The van der Waals surface area contributed by atoms with Crippen LogP contribution in [0, 0.1) is 0 Å². The van der Waals surface area contributed by atoms with Crippen LogP contribution in [0.15, 0.2) is 30.3 Å². The number of carbonyl (C=O) groups excluding carboxylic acids is 2. The van der Waals surface area contributed by atoms with Gasteiger partial charge in [-0.15, -0.1) is 0 Å². The first-order chi connectivity index (χ1) is 8.10. The van der Waals surface area contributed by atoms with Crippen molar-refractivity contribution in [2.24, 2.45) is 5.73 Å². The van der Waals surface area contributed by atoms with Gasteiger partial charge in [-0.1, -0.05) is 30.3 Å². The molecule has 90 valence electrons. The average Bonchev–Trinajstić information content (AvgIpc) is 3.04. The molecular weight excluding hydrogens is 224 g/mol. The van der Waals surface area contributed by atoms with Gasteiger partial charge in [0.25, 0.3) is 5.91 Å². The number of hydroxylamine groups is 1. The second kappa shape index (κ2) is 4.06. The van der Waals surface area contributed by atoms with Crippen molar-refractivity contribution in [3.8, 4) is 0 Å². The van der Waals surface area contributed by atoms with E-state index in [2.05, 4.69) is 0 Å². The molecule has 2 amide bonds. The minimum atomic E-state index is -1.37. The van der Waals surface area contributed by atoms with E-state index in [1.54, 1.807) is 0 Å². The van der Waals surface area contributed by atoms with Crippen LogP contribution >= 0.6 is 0 Å². The SMILES string of the molecule is NC(=O)O[C@@]1(C(=O)NO)C[C@H]1c1ccccc1. The monoisotopic (exact) mass is 236 g/mol. The topological polar surface area (TPSA) is 102 Å². The van der Waals surface area contributed by atoms with Gasteiger partial charge in [0.15, 0.2) is 0 Å². The summed E-state index contributed by atoms with van der Waals surface area (Å²) in [5.74, 6) is -1.03. The molecule has 1 aliphatic rings. The zero-order valence-electron chi connectivity index (χ0n) is 8.92. The Morgan fingerprint density at radius 3 is 2.59 bits per heavy atom. The van der Waals surface area contributed by atoms with E-state index in [4.69, 9.17) is 15.7 Å². The molecule has 0 unspecified atom stereocenters. The van der Waals surface area contributed by atoms with Crippen LogP contribution in [0.4, 0.5) is 4.79 Å². The lowest BCUT2D eigenvalue weighted by molar-refractivity contribution is -0.140. The van der Waals surface area contributed by atoms with E-state index in [0.717, 1.165) is 5.56 Å². The molecule has 2 rings (SSSR count). The van der Waals surface area contributed by atoms with E-state index in [9.17, 15) is 9.59 Å². The highest BCUT2D eigenvalue weighted by atomic mass is 16.6. The standard InChI is InChI=1S/C11H12N2O4/c12-10(15)17-11(9(14)13-16)6-8(11)7-4-2-1-3-5-7/h1-5,8,16H,6H2,(H2,12,15)(H,13,14)/t8-,11-/m0/s1. The Morgan fingerprint density at radius 1 is 1.41 bits per heavy atom. The minimum absolute atomic E-state index is 0.275. The maximum absolute atomic E-state index is 11.5. The normalized spacial score (nSPS) is 26.1. The maximum Gasteiger partial charge on any atom is 0.405 e. The molecule has 1 aromatic rings. The third kappa shape index (κ3) is 1.94. The van der Waals surface area contributed by atoms with Crippen molar-refractivity contribution in [1.29, 1.82) is 0 Å². The summed E-state index contributed by atoms with van der Waals surface area (Å²) in [4.78, 5) is 22.3. The van der Waals surface area contributed by atoms with Gasteiger partial charge in [0.05, 0.1) is 0 Å².